The molecule has 1 aliphatic carbocycles. The van der Waals surface area contributed by atoms with Crippen molar-refractivity contribution in [3.8, 4) is 0 Å². The number of halogens is 1. The summed E-state index contributed by atoms with van der Waals surface area (Å²) < 4.78 is 0. The summed E-state index contributed by atoms with van der Waals surface area (Å²) in [5.74, 6) is 1.12. The van der Waals surface area contributed by atoms with E-state index in [2.05, 4.69) is 12.2 Å². The van der Waals surface area contributed by atoms with Crippen LogP contribution in [0.5, 0.6) is 0 Å². The molecule has 0 aliphatic heterocycles. The monoisotopic (exact) mass is 217 g/mol. The summed E-state index contributed by atoms with van der Waals surface area (Å²) in [5, 5.41) is 3.05. The Morgan fingerprint density at radius 1 is 1.43 bits per heavy atom. The number of amides is 1. The van der Waals surface area contributed by atoms with E-state index in [0.29, 0.717) is 17.8 Å². The van der Waals surface area contributed by atoms with Gasteiger partial charge in [0.05, 0.1) is 0 Å². The molecule has 0 aromatic heterocycles. The van der Waals surface area contributed by atoms with Crippen LogP contribution in [-0.4, -0.2) is 17.8 Å². The highest BCUT2D eigenvalue weighted by atomic mass is 35.5. The third kappa shape index (κ3) is 3.16. The molecule has 0 bridgehead atoms. The molecule has 0 aromatic carbocycles. The summed E-state index contributed by atoms with van der Waals surface area (Å²) in [6, 6.07) is 0.315. The second kappa shape index (κ2) is 5.59. The van der Waals surface area contributed by atoms with E-state index in [1.54, 1.807) is 0 Å². The van der Waals surface area contributed by atoms with Gasteiger partial charge in [-0.25, -0.2) is 0 Å². The number of nitrogens with one attached hydrogen (secondary N) is 1. The molecule has 0 spiro atoms. The third-order valence-corrected chi connectivity index (χ3v) is 3.62. The van der Waals surface area contributed by atoms with Gasteiger partial charge in [0, 0.05) is 17.8 Å². The van der Waals surface area contributed by atoms with Crippen molar-refractivity contribution in [1.29, 1.82) is 0 Å². The molecule has 2 nitrogen and oxygen atoms in total. The zero-order chi connectivity index (χ0) is 10.6. The Morgan fingerprint density at radius 2 is 2.00 bits per heavy atom. The molecule has 0 saturated heterocycles. The average molecular weight is 218 g/mol. The molecule has 2 unspecified atom stereocenters. The van der Waals surface area contributed by atoms with Crippen LogP contribution in [0.15, 0.2) is 0 Å². The fraction of sp³-hybridized carbons (Fsp3) is 0.909. The van der Waals surface area contributed by atoms with Gasteiger partial charge in [-0.2, -0.15) is 0 Å². The van der Waals surface area contributed by atoms with Gasteiger partial charge in [-0.05, 0) is 25.7 Å². The van der Waals surface area contributed by atoms with Crippen molar-refractivity contribution >= 4 is 17.5 Å². The predicted octanol–water partition coefficient (Wildman–Crippen LogP) is 2.56. The fourth-order valence-electron chi connectivity index (χ4n) is 2.01. The molecule has 0 radical (unpaired) electrons. The standard InChI is InChI=1S/C11H20ClNO/c1-8(7-12)11(14)13-9(2)10-5-3-4-6-10/h8-10H,3-7H2,1-2H3,(H,13,14). The number of alkyl halides is 1. The highest BCUT2D eigenvalue weighted by Gasteiger charge is 2.23. The summed E-state index contributed by atoms with van der Waals surface area (Å²) in [6.45, 7) is 3.97. The first-order valence-corrected chi connectivity index (χ1v) is 6.05. The Hall–Kier alpha value is -0.240. The number of rotatable bonds is 4. The minimum Gasteiger partial charge on any atom is -0.353 e. The smallest absolute Gasteiger partial charge is 0.224 e. The van der Waals surface area contributed by atoms with Crippen molar-refractivity contribution in [2.24, 2.45) is 11.8 Å². The van der Waals surface area contributed by atoms with Gasteiger partial charge in [-0.15, -0.1) is 11.6 Å². The summed E-state index contributed by atoms with van der Waals surface area (Å²) in [6.07, 6.45) is 5.15. The van der Waals surface area contributed by atoms with E-state index in [4.69, 9.17) is 11.6 Å². The predicted molar refractivity (Wildman–Crippen MR) is 59.4 cm³/mol. The molecular formula is C11H20ClNO. The van der Waals surface area contributed by atoms with Gasteiger partial charge in [-0.1, -0.05) is 19.8 Å². The van der Waals surface area contributed by atoms with Gasteiger partial charge in [0.25, 0.3) is 0 Å². The zero-order valence-corrected chi connectivity index (χ0v) is 9.81. The Morgan fingerprint density at radius 3 is 2.50 bits per heavy atom. The first-order valence-electron chi connectivity index (χ1n) is 5.51. The SMILES string of the molecule is CC(CCl)C(=O)NC(C)C1CCCC1. The van der Waals surface area contributed by atoms with Crippen LogP contribution in [0.2, 0.25) is 0 Å². The highest BCUT2D eigenvalue weighted by molar-refractivity contribution is 6.19. The lowest BCUT2D eigenvalue weighted by molar-refractivity contribution is -0.124. The highest BCUT2D eigenvalue weighted by Crippen LogP contribution is 2.27. The molecule has 0 heterocycles. The summed E-state index contributed by atoms with van der Waals surface area (Å²) in [7, 11) is 0. The van der Waals surface area contributed by atoms with Crippen LogP contribution < -0.4 is 5.32 Å². The molecule has 82 valence electrons. The molecule has 1 N–H and O–H groups in total. The molecule has 1 aliphatic rings. The van der Waals surface area contributed by atoms with E-state index >= 15 is 0 Å². The lowest BCUT2D eigenvalue weighted by Gasteiger charge is -2.21. The van der Waals surface area contributed by atoms with Crippen molar-refractivity contribution in [3.05, 3.63) is 0 Å². The Bertz CT molecular complexity index is 190. The first-order chi connectivity index (χ1) is 6.65. The van der Waals surface area contributed by atoms with Crippen molar-refractivity contribution in [2.75, 3.05) is 5.88 Å². The maximum atomic E-state index is 11.5. The molecule has 1 amide bonds. The van der Waals surface area contributed by atoms with E-state index in [9.17, 15) is 4.79 Å². The molecule has 1 rings (SSSR count). The number of hydrogen-bond donors (Lipinski definition) is 1. The minimum atomic E-state index is -0.0690. The lowest BCUT2D eigenvalue weighted by atomic mass is 9.99. The van der Waals surface area contributed by atoms with Crippen LogP contribution in [0.3, 0.4) is 0 Å². The van der Waals surface area contributed by atoms with Gasteiger partial charge in [0.1, 0.15) is 0 Å². The van der Waals surface area contributed by atoms with E-state index < -0.39 is 0 Å². The van der Waals surface area contributed by atoms with Crippen molar-refractivity contribution in [3.63, 3.8) is 0 Å². The molecule has 2 atom stereocenters. The van der Waals surface area contributed by atoms with Gasteiger partial charge in [0.15, 0.2) is 0 Å². The Balaban J connectivity index is 2.31. The number of carbonyl (C=O) groups is 1. The molecule has 1 fully saturated rings. The van der Waals surface area contributed by atoms with Gasteiger partial charge >= 0.3 is 0 Å². The third-order valence-electron chi connectivity index (χ3n) is 3.16. The van der Waals surface area contributed by atoms with Crippen LogP contribution in [0, 0.1) is 11.8 Å². The number of hydrogen-bond acceptors (Lipinski definition) is 1. The van der Waals surface area contributed by atoms with E-state index in [1.165, 1.54) is 25.7 Å². The van der Waals surface area contributed by atoms with E-state index in [1.807, 2.05) is 6.92 Å². The molecule has 1 saturated carbocycles. The van der Waals surface area contributed by atoms with E-state index in [-0.39, 0.29) is 11.8 Å². The average Bonchev–Trinajstić information content (AvgIpc) is 2.69. The molecular weight excluding hydrogens is 198 g/mol. The van der Waals surface area contributed by atoms with Crippen molar-refractivity contribution in [2.45, 2.75) is 45.6 Å². The maximum absolute atomic E-state index is 11.5. The van der Waals surface area contributed by atoms with Crippen LogP contribution >= 0.6 is 11.6 Å². The van der Waals surface area contributed by atoms with Crippen molar-refractivity contribution < 1.29 is 4.79 Å². The lowest BCUT2D eigenvalue weighted by Crippen LogP contribution is -2.40. The topological polar surface area (TPSA) is 29.1 Å². The van der Waals surface area contributed by atoms with Crippen LogP contribution in [0.4, 0.5) is 0 Å². The fourth-order valence-corrected chi connectivity index (χ4v) is 2.15. The van der Waals surface area contributed by atoms with Crippen molar-refractivity contribution in [1.82, 2.24) is 5.32 Å². The molecule has 0 aromatic rings. The first kappa shape index (κ1) is 11.8. The summed E-state index contributed by atoms with van der Waals surface area (Å²) >= 11 is 5.63. The summed E-state index contributed by atoms with van der Waals surface area (Å²) in [4.78, 5) is 11.5. The second-order valence-electron chi connectivity index (χ2n) is 4.40. The quantitative estimate of drug-likeness (QED) is 0.721. The number of carbonyl (C=O) groups excluding carboxylic acids is 1. The van der Waals surface area contributed by atoms with Gasteiger partial charge in [-0.3, -0.25) is 4.79 Å². The molecule has 3 heteroatoms. The Labute approximate surface area is 91.4 Å². The van der Waals surface area contributed by atoms with E-state index in [0.717, 1.165) is 0 Å². The summed E-state index contributed by atoms with van der Waals surface area (Å²) in [5.41, 5.74) is 0. The normalized spacial score (nSPS) is 21.9. The maximum Gasteiger partial charge on any atom is 0.224 e. The van der Waals surface area contributed by atoms with Crippen LogP contribution in [-0.2, 0) is 4.79 Å². The van der Waals surface area contributed by atoms with Gasteiger partial charge in [0.2, 0.25) is 5.91 Å². The van der Waals surface area contributed by atoms with Gasteiger partial charge < -0.3 is 5.32 Å². The minimum absolute atomic E-state index is 0.0690. The largest absolute Gasteiger partial charge is 0.353 e. The zero-order valence-electron chi connectivity index (χ0n) is 9.05. The van der Waals surface area contributed by atoms with Crippen LogP contribution in [0.25, 0.3) is 0 Å². The second-order valence-corrected chi connectivity index (χ2v) is 4.71. The Kier molecular flexibility index (Phi) is 4.73. The molecule has 14 heavy (non-hydrogen) atoms. The van der Waals surface area contributed by atoms with Crippen LogP contribution in [0.1, 0.15) is 39.5 Å².